The van der Waals surface area contributed by atoms with Crippen molar-refractivity contribution in [3.05, 3.63) is 89.1 Å². The molecule has 1 heterocycles. The van der Waals surface area contributed by atoms with Gasteiger partial charge in [-0.15, -0.1) is 0 Å². The van der Waals surface area contributed by atoms with Crippen LogP contribution in [0.3, 0.4) is 0 Å². The molecule has 2 saturated carbocycles. The number of piperidine rings is 1. The van der Waals surface area contributed by atoms with Crippen LogP contribution in [-0.4, -0.2) is 24.0 Å². The van der Waals surface area contributed by atoms with Crippen molar-refractivity contribution in [2.45, 2.75) is 76.8 Å². The molecule has 2 aromatic carbocycles. The highest BCUT2D eigenvalue weighted by Gasteiger charge is 2.47. The van der Waals surface area contributed by atoms with Crippen molar-refractivity contribution in [1.82, 2.24) is 10.2 Å². The molecule has 0 radical (unpaired) electrons. The molecule has 42 heavy (non-hydrogen) atoms. The van der Waals surface area contributed by atoms with Crippen LogP contribution < -0.4 is 5.32 Å². The SMILES string of the molecule is C=C(NCc1cc(C(F)(F)F)cc(C(F)(F)F)c1)C1(CC2CC2)CCC(N2CCC(/C=C\c3ccccc3)C(C)C2)C1. The first-order valence-corrected chi connectivity index (χ1v) is 15.0. The minimum atomic E-state index is -4.86. The standard InChI is InChI=1S/C34H40F6N2/c1-23-22-42(15-13-28(23)11-10-25-6-4-3-5-7-25)31-12-14-32(20-31,19-26-8-9-26)24(2)41-21-27-16-29(33(35,36)37)18-30(17-27)34(38,39)40/h3-7,10-11,16-18,23,26,28,31,41H,2,8-9,12-15,19-22H2,1H3/b11-10-. The summed E-state index contributed by atoms with van der Waals surface area (Å²) in [6, 6.07) is 12.5. The summed E-state index contributed by atoms with van der Waals surface area (Å²) in [6.45, 7) is 8.54. The fraction of sp³-hybridized carbons (Fsp3) is 0.529. The summed E-state index contributed by atoms with van der Waals surface area (Å²) in [5, 5.41) is 3.19. The molecule has 2 aliphatic carbocycles. The number of benzene rings is 2. The fourth-order valence-electron chi connectivity index (χ4n) is 7.00. The van der Waals surface area contributed by atoms with Gasteiger partial charge in [0, 0.05) is 30.2 Å². The minimum absolute atomic E-state index is 0.0473. The molecule has 2 aromatic rings. The zero-order valence-electron chi connectivity index (χ0n) is 24.1. The van der Waals surface area contributed by atoms with Gasteiger partial charge in [0.15, 0.2) is 0 Å². The molecule has 1 aliphatic heterocycles. The van der Waals surface area contributed by atoms with E-state index in [9.17, 15) is 26.3 Å². The number of nitrogens with zero attached hydrogens (tertiary/aromatic N) is 1. The first kappa shape index (κ1) is 30.7. The molecule has 0 amide bonds. The lowest BCUT2D eigenvalue weighted by atomic mass is 9.77. The van der Waals surface area contributed by atoms with E-state index >= 15 is 0 Å². The van der Waals surface area contributed by atoms with Gasteiger partial charge in [-0.1, -0.05) is 68.8 Å². The van der Waals surface area contributed by atoms with Gasteiger partial charge in [0.25, 0.3) is 0 Å². The summed E-state index contributed by atoms with van der Waals surface area (Å²) in [7, 11) is 0. The Bertz CT molecular complexity index is 1230. The Morgan fingerprint density at radius 1 is 0.976 bits per heavy atom. The Hall–Kier alpha value is -2.74. The minimum Gasteiger partial charge on any atom is -0.384 e. The summed E-state index contributed by atoms with van der Waals surface area (Å²) in [5.74, 6) is 1.65. The number of likely N-dealkylation sites (tertiary alicyclic amines) is 1. The van der Waals surface area contributed by atoms with Gasteiger partial charge in [-0.05, 0) is 85.7 Å². The van der Waals surface area contributed by atoms with Crippen LogP contribution in [0.5, 0.6) is 0 Å². The van der Waals surface area contributed by atoms with Crippen LogP contribution in [0.2, 0.25) is 0 Å². The first-order chi connectivity index (χ1) is 19.8. The monoisotopic (exact) mass is 590 g/mol. The van der Waals surface area contributed by atoms with Gasteiger partial charge in [-0.2, -0.15) is 26.3 Å². The highest BCUT2D eigenvalue weighted by Crippen LogP contribution is 2.53. The predicted molar refractivity (Wildman–Crippen MR) is 154 cm³/mol. The molecule has 228 valence electrons. The normalized spacial score (nSPS) is 27.5. The number of allylic oxidation sites excluding steroid dienone is 2. The van der Waals surface area contributed by atoms with Gasteiger partial charge in [-0.3, -0.25) is 0 Å². The smallest absolute Gasteiger partial charge is 0.384 e. The van der Waals surface area contributed by atoms with Gasteiger partial charge in [0.1, 0.15) is 0 Å². The summed E-state index contributed by atoms with van der Waals surface area (Å²) in [4.78, 5) is 2.60. The molecule has 1 N–H and O–H groups in total. The molecule has 0 spiro atoms. The summed E-state index contributed by atoms with van der Waals surface area (Å²) in [5.41, 5.74) is -0.869. The second-order valence-corrected chi connectivity index (χ2v) is 12.8. The molecular formula is C34H40F6N2. The van der Waals surface area contributed by atoms with Crippen LogP contribution in [0.1, 0.15) is 74.1 Å². The molecule has 8 heteroatoms. The van der Waals surface area contributed by atoms with Crippen molar-refractivity contribution in [2.75, 3.05) is 13.1 Å². The molecule has 0 aromatic heterocycles. The van der Waals surface area contributed by atoms with E-state index in [-0.39, 0.29) is 23.6 Å². The zero-order valence-corrected chi connectivity index (χ0v) is 24.1. The molecule has 2 nitrogen and oxygen atoms in total. The van der Waals surface area contributed by atoms with Crippen molar-refractivity contribution in [2.24, 2.45) is 23.2 Å². The number of hydrogen-bond acceptors (Lipinski definition) is 2. The Kier molecular flexibility index (Phi) is 8.85. The molecule has 1 saturated heterocycles. The van der Waals surface area contributed by atoms with Crippen LogP contribution in [-0.2, 0) is 18.9 Å². The van der Waals surface area contributed by atoms with Gasteiger partial charge < -0.3 is 10.2 Å². The van der Waals surface area contributed by atoms with Crippen molar-refractivity contribution in [1.29, 1.82) is 0 Å². The van der Waals surface area contributed by atoms with Crippen molar-refractivity contribution >= 4 is 6.08 Å². The Morgan fingerprint density at radius 3 is 2.24 bits per heavy atom. The topological polar surface area (TPSA) is 15.3 Å². The predicted octanol–water partition coefficient (Wildman–Crippen LogP) is 9.34. The van der Waals surface area contributed by atoms with E-state index in [0.29, 0.717) is 23.8 Å². The quantitative estimate of drug-likeness (QED) is 0.293. The van der Waals surface area contributed by atoms with E-state index in [4.69, 9.17) is 0 Å². The highest BCUT2D eigenvalue weighted by atomic mass is 19.4. The van der Waals surface area contributed by atoms with Crippen LogP contribution in [0, 0.1) is 23.2 Å². The second-order valence-electron chi connectivity index (χ2n) is 12.8. The van der Waals surface area contributed by atoms with Gasteiger partial charge in [0.05, 0.1) is 11.1 Å². The van der Waals surface area contributed by atoms with Crippen molar-refractivity contribution < 1.29 is 26.3 Å². The lowest BCUT2D eigenvalue weighted by Crippen LogP contribution is -2.44. The third-order valence-corrected chi connectivity index (χ3v) is 9.61. The van der Waals surface area contributed by atoms with E-state index in [1.165, 1.54) is 18.4 Å². The van der Waals surface area contributed by atoms with E-state index < -0.39 is 23.5 Å². The van der Waals surface area contributed by atoms with Crippen LogP contribution in [0.15, 0.2) is 66.9 Å². The molecule has 4 unspecified atom stereocenters. The molecular weight excluding hydrogens is 550 g/mol. The lowest BCUT2D eigenvalue weighted by molar-refractivity contribution is -0.143. The average molecular weight is 591 g/mol. The van der Waals surface area contributed by atoms with E-state index in [0.717, 1.165) is 63.0 Å². The number of hydrogen-bond donors (Lipinski definition) is 1. The molecule has 5 rings (SSSR count). The highest BCUT2D eigenvalue weighted by molar-refractivity contribution is 5.49. The Balaban J connectivity index is 1.24. The third kappa shape index (κ3) is 7.42. The summed E-state index contributed by atoms with van der Waals surface area (Å²) >= 11 is 0. The zero-order chi connectivity index (χ0) is 30.1. The van der Waals surface area contributed by atoms with Gasteiger partial charge >= 0.3 is 12.4 Å². The van der Waals surface area contributed by atoms with Crippen LogP contribution in [0.25, 0.3) is 6.08 Å². The van der Waals surface area contributed by atoms with Gasteiger partial charge in [0.2, 0.25) is 0 Å². The molecule has 4 atom stereocenters. The number of rotatable bonds is 9. The first-order valence-electron chi connectivity index (χ1n) is 15.0. The number of halogens is 6. The largest absolute Gasteiger partial charge is 0.416 e. The number of nitrogens with one attached hydrogen (secondary N) is 1. The Morgan fingerprint density at radius 2 is 1.64 bits per heavy atom. The summed E-state index contributed by atoms with van der Waals surface area (Å²) in [6.07, 6.45) is 2.09. The van der Waals surface area contributed by atoms with E-state index in [2.05, 4.69) is 48.0 Å². The van der Waals surface area contributed by atoms with Crippen molar-refractivity contribution in [3.63, 3.8) is 0 Å². The maximum atomic E-state index is 13.4. The molecule has 3 aliphatic rings. The third-order valence-electron chi connectivity index (χ3n) is 9.61. The van der Waals surface area contributed by atoms with Crippen molar-refractivity contribution in [3.8, 4) is 0 Å². The lowest BCUT2D eigenvalue weighted by Gasteiger charge is -2.40. The summed E-state index contributed by atoms with van der Waals surface area (Å²) < 4.78 is 80.2. The van der Waals surface area contributed by atoms with Crippen LogP contribution >= 0.6 is 0 Å². The van der Waals surface area contributed by atoms with Gasteiger partial charge in [-0.25, -0.2) is 0 Å². The maximum absolute atomic E-state index is 13.4. The molecule has 3 fully saturated rings. The van der Waals surface area contributed by atoms with E-state index in [1.54, 1.807) is 0 Å². The maximum Gasteiger partial charge on any atom is 0.416 e. The number of alkyl halides is 6. The van der Waals surface area contributed by atoms with E-state index in [1.807, 2.05) is 18.2 Å². The second kappa shape index (κ2) is 12.1. The molecule has 0 bridgehead atoms. The van der Waals surface area contributed by atoms with Crippen LogP contribution in [0.4, 0.5) is 26.3 Å². The average Bonchev–Trinajstić information content (AvgIpc) is 3.65. The Labute approximate surface area is 244 Å². The fourth-order valence-corrected chi connectivity index (χ4v) is 7.00.